The fourth-order valence-corrected chi connectivity index (χ4v) is 6.04. The Bertz CT molecular complexity index is 682. The van der Waals surface area contributed by atoms with E-state index < -0.39 is 17.4 Å². The molecule has 2 rings (SSSR count). The molecular weight excluding hydrogens is 476 g/mol. The first-order chi connectivity index (χ1) is 18.3. The molecule has 0 aliphatic carbocycles. The topological polar surface area (TPSA) is 71.0 Å². The lowest BCUT2D eigenvalue weighted by Gasteiger charge is -2.40. The summed E-state index contributed by atoms with van der Waals surface area (Å²) in [4.78, 5) is 15.5. The van der Waals surface area contributed by atoms with Gasteiger partial charge < -0.3 is 19.9 Å². The molecule has 1 amide bonds. The highest BCUT2D eigenvalue weighted by Crippen LogP contribution is 2.46. The van der Waals surface area contributed by atoms with Crippen LogP contribution in [0.5, 0.6) is 0 Å². The Hall–Kier alpha value is -0.950. The normalized spacial score (nSPS) is 26.8. The fourth-order valence-electron chi connectivity index (χ4n) is 6.04. The average molecular weight is 537 g/mol. The van der Waals surface area contributed by atoms with Crippen molar-refractivity contribution in [3.8, 4) is 0 Å². The van der Waals surface area contributed by atoms with Crippen molar-refractivity contribution in [2.24, 2.45) is 0 Å². The monoisotopic (exact) mass is 536 g/mol. The quantitative estimate of drug-likeness (QED) is 0.123. The van der Waals surface area contributed by atoms with Gasteiger partial charge in [0.25, 0.3) is 0 Å². The van der Waals surface area contributed by atoms with E-state index in [-0.39, 0.29) is 24.7 Å². The zero-order chi connectivity index (χ0) is 27.9. The standard InChI is InChI=1S/C32H60N2O4/c1-6-8-10-11-12-13-14-15-16-17-18-19-20-21-22-23-24-33-30(36)27-28-29(38-31(3,4)37-28)32(5,26-35)34(27)25-9-7-2/h15-16,27-29,35H,6-14,17-26H2,1-5H3,(H,33,36)/b16-15-/t27-,28+,29+,32+/m1/s1. The van der Waals surface area contributed by atoms with Gasteiger partial charge in [-0.1, -0.05) is 90.2 Å². The molecule has 2 fully saturated rings. The second-order valence-corrected chi connectivity index (χ2v) is 12.3. The Morgan fingerprint density at radius 2 is 1.37 bits per heavy atom. The molecule has 2 heterocycles. The van der Waals surface area contributed by atoms with Gasteiger partial charge in [0.2, 0.25) is 5.91 Å². The molecule has 0 saturated carbocycles. The van der Waals surface area contributed by atoms with Gasteiger partial charge in [0.1, 0.15) is 18.2 Å². The highest BCUT2D eigenvalue weighted by atomic mass is 16.8. The van der Waals surface area contributed by atoms with Crippen molar-refractivity contribution in [2.45, 2.75) is 167 Å². The molecule has 222 valence electrons. The third-order valence-corrected chi connectivity index (χ3v) is 8.37. The number of amides is 1. The number of hydrogen-bond acceptors (Lipinski definition) is 5. The van der Waals surface area contributed by atoms with Crippen molar-refractivity contribution < 1.29 is 19.4 Å². The van der Waals surface area contributed by atoms with Crippen LogP contribution < -0.4 is 5.32 Å². The van der Waals surface area contributed by atoms with Crippen LogP contribution in [0.3, 0.4) is 0 Å². The summed E-state index contributed by atoms with van der Waals surface area (Å²) < 4.78 is 12.4. The van der Waals surface area contributed by atoms with Crippen LogP contribution in [-0.2, 0) is 14.3 Å². The summed E-state index contributed by atoms with van der Waals surface area (Å²) in [5.74, 6) is -0.743. The van der Waals surface area contributed by atoms with Crippen molar-refractivity contribution in [1.82, 2.24) is 10.2 Å². The van der Waals surface area contributed by atoms with Gasteiger partial charge in [0.05, 0.1) is 12.1 Å². The SMILES string of the molecule is CCCCCCCC/C=C\CCCCCCCCNC(=O)[C@H]1[C@@H]2OC(C)(C)O[C@@H]2[C@](C)(CO)N1CCCC. The lowest BCUT2D eigenvalue weighted by atomic mass is 9.95. The molecule has 0 aromatic rings. The van der Waals surface area contributed by atoms with E-state index >= 15 is 0 Å². The maximum atomic E-state index is 13.4. The number of allylic oxidation sites excluding steroid dienone is 2. The first-order valence-corrected chi connectivity index (χ1v) is 16.0. The van der Waals surface area contributed by atoms with E-state index in [2.05, 4.69) is 36.2 Å². The summed E-state index contributed by atoms with van der Waals surface area (Å²) in [5.41, 5.74) is -0.626. The number of aliphatic hydroxyl groups is 1. The molecule has 38 heavy (non-hydrogen) atoms. The van der Waals surface area contributed by atoms with Crippen LogP contribution >= 0.6 is 0 Å². The molecule has 2 aliphatic rings. The summed E-state index contributed by atoms with van der Waals surface area (Å²) in [7, 11) is 0. The number of carbonyl (C=O) groups excluding carboxylic acids is 1. The van der Waals surface area contributed by atoms with E-state index in [1.807, 2.05) is 20.8 Å². The third kappa shape index (κ3) is 10.2. The van der Waals surface area contributed by atoms with Gasteiger partial charge in [-0.3, -0.25) is 9.69 Å². The Morgan fingerprint density at radius 1 is 0.816 bits per heavy atom. The summed E-state index contributed by atoms with van der Waals surface area (Å²) in [6.45, 7) is 11.6. The maximum absolute atomic E-state index is 13.4. The zero-order valence-electron chi connectivity index (χ0n) is 25.4. The van der Waals surface area contributed by atoms with Crippen molar-refractivity contribution >= 4 is 5.91 Å². The Kier molecular flexibility index (Phi) is 15.5. The number of rotatable bonds is 21. The maximum Gasteiger partial charge on any atom is 0.240 e. The van der Waals surface area contributed by atoms with E-state index in [4.69, 9.17) is 9.47 Å². The number of carbonyl (C=O) groups is 1. The molecule has 0 aromatic heterocycles. The lowest BCUT2D eigenvalue weighted by molar-refractivity contribution is -0.183. The van der Waals surface area contributed by atoms with Crippen molar-refractivity contribution in [2.75, 3.05) is 19.7 Å². The molecular formula is C32H60N2O4. The van der Waals surface area contributed by atoms with Gasteiger partial charge in [-0.05, 0) is 65.8 Å². The second-order valence-electron chi connectivity index (χ2n) is 12.3. The van der Waals surface area contributed by atoms with Crippen LogP contribution in [-0.4, -0.2) is 65.2 Å². The van der Waals surface area contributed by atoms with Gasteiger partial charge in [-0.15, -0.1) is 0 Å². The van der Waals surface area contributed by atoms with Crippen LogP contribution in [0.15, 0.2) is 12.2 Å². The van der Waals surface area contributed by atoms with Gasteiger partial charge in [-0.25, -0.2) is 0 Å². The molecule has 2 N–H and O–H groups in total. The largest absolute Gasteiger partial charge is 0.394 e. The first-order valence-electron chi connectivity index (χ1n) is 16.0. The summed E-state index contributed by atoms with van der Waals surface area (Å²) in [6.07, 6.45) is 24.0. The second kappa shape index (κ2) is 17.7. The number of hydrogen-bond donors (Lipinski definition) is 2. The molecule has 0 bridgehead atoms. The predicted molar refractivity (Wildman–Crippen MR) is 157 cm³/mol. The van der Waals surface area contributed by atoms with Crippen LogP contribution in [0.25, 0.3) is 0 Å². The average Bonchev–Trinajstić information content (AvgIpc) is 3.33. The van der Waals surface area contributed by atoms with Crippen LogP contribution in [0, 0.1) is 0 Å². The third-order valence-electron chi connectivity index (χ3n) is 8.37. The number of nitrogens with zero attached hydrogens (tertiary/aromatic N) is 1. The van der Waals surface area contributed by atoms with Gasteiger partial charge in [0.15, 0.2) is 5.79 Å². The Labute approximate surface area is 234 Å². The number of nitrogens with one attached hydrogen (secondary N) is 1. The highest BCUT2D eigenvalue weighted by Gasteiger charge is 2.64. The van der Waals surface area contributed by atoms with Crippen molar-refractivity contribution in [3.05, 3.63) is 12.2 Å². The fraction of sp³-hybridized carbons (Fsp3) is 0.906. The zero-order valence-corrected chi connectivity index (χ0v) is 25.4. The molecule has 6 nitrogen and oxygen atoms in total. The highest BCUT2D eigenvalue weighted by molar-refractivity contribution is 5.83. The Morgan fingerprint density at radius 3 is 1.95 bits per heavy atom. The van der Waals surface area contributed by atoms with E-state index in [9.17, 15) is 9.90 Å². The van der Waals surface area contributed by atoms with Crippen LogP contribution in [0.2, 0.25) is 0 Å². The molecule has 0 aromatic carbocycles. The molecule has 4 atom stereocenters. The minimum absolute atomic E-state index is 0.00215. The van der Waals surface area contributed by atoms with Crippen LogP contribution in [0.4, 0.5) is 0 Å². The molecule has 0 radical (unpaired) electrons. The number of unbranched alkanes of at least 4 members (excludes halogenated alkanes) is 13. The minimum Gasteiger partial charge on any atom is -0.394 e. The van der Waals surface area contributed by atoms with Crippen molar-refractivity contribution in [3.63, 3.8) is 0 Å². The first kappa shape index (κ1) is 33.3. The van der Waals surface area contributed by atoms with Gasteiger partial charge in [-0.2, -0.15) is 0 Å². The summed E-state index contributed by atoms with van der Waals surface area (Å²) >= 11 is 0. The van der Waals surface area contributed by atoms with E-state index in [1.54, 1.807) is 0 Å². The van der Waals surface area contributed by atoms with E-state index in [1.165, 1.54) is 77.0 Å². The minimum atomic E-state index is -0.745. The number of likely N-dealkylation sites (tertiary alicyclic amines) is 1. The van der Waals surface area contributed by atoms with E-state index in [0.717, 1.165) is 32.2 Å². The molecule has 0 spiro atoms. The van der Waals surface area contributed by atoms with E-state index in [0.29, 0.717) is 6.54 Å². The Balaban J connectivity index is 1.61. The predicted octanol–water partition coefficient (Wildman–Crippen LogP) is 6.90. The smallest absolute Gasteiger partial charge is 0.240 e. The van der Waals surface area contributed by atoms with Gasteiger partial charge in [0, 0.05) is 6.54 Å². The molecule has 2 saturated heterocycles. The summed E-state index contributed by atoms with van der Waals surface area (Å²) in [5, 5.41) is 13.5. The summed E-state index contributed by atoms with van der Waals surface area (Å²) in [6, 6.07) is -0.431. The lowest BCUT2D eigenvalue weighted by Crippen LogP contribution is -2.57. The molecule has 2 aliphatic heterocycles. The van der Waals surface area contributed by atoms with Gasteiger partial charge >= 0.3 is 0 Å². The molecule has 6 heteroatoms. The molecule has 0 unspecified atom stereocenters. The van der Waals surface area contributed by atoms with Crippen molar-refractivity contribution in [1.29, 1.82) is 0 Å². The number of ether oxygens (including phenoxy) is 2. The number of aliphatic hydroxyl groups excluding tert-OH is 1. The van der Waals surface area contributed by atoms with Crippen LogP contribution in [0.1, 0.15) is 137 Å². The number of fused-ring (bicyclic) bond motifs is 1.